The Morgan fingerprint density at radius 3 is 2.79 bits per heavy atom. The lowest BCUT2D eigenvalue weighted by Crippen LogP contribution is -2.26. The van der Waals surface area contributed by atoms with E-state index in [1.165, 1.54) is 22.3 Å². The van der Waals surface area contributed by atoms with Crippen LogP contribution in [-0.4, -0.2) is 42.5 Å². The molecule has 1 fully saturated rings. The highest BCUT2D eigenvalue weighted by molar-refractivity contribution is 5.99. The van der Waals surface area contributed by atoms with Crippen molar-refractivity contribution in [1.29, 1.82) is 0 Å². The summed E-state index contributed by atoms with van der Waals surface area (Å²) in [6.07, 6.45) is 8.23. The number of benzene rings is 2. The van der Waals surface area contributed by atoms with Crippen LogP contribution in [0, 0.1) is 0 Å². The lowest BCUT2D eigenvalue weighted by Gasteiger charge is -2.18. The van der Waals surface area contributed by atoms with E-state index in [9.17, 15) is 4.39 Å². The first-order valence-corrected chi connectivity index (χ1v) is 11.8. The van der Waals surface area contributed by atoms with Crippen LogP contribution in [0.25, 0.3) is 11.1 Å². The molecule has 3 aromatic rings. The second kappa shape index (κ2) is 9.79. The number of nitrogens with two attached hydrogens (primary N) is 1. The molecule has 0 spiro atoms. The summed E-state index contributed by atoms with van der Waals surface area (Å²) in [5.41, 5.74) is 14.0. The van der Waals surface area contributed by atoms with Gasteiger partial charge in [-0.2, -0.15) is 0 Å². The Hall–Kier alpha value is -3.12. The molecule has 0 bridgehead atoms. The van der Waals surface area contributed by atoms with Crippen LogP contribution in [0.5, 0.6) is 5.75 Å². The first-order chi connectivity index (χ1) is 16.2. The van der Waals surface area contributed by atoms with Gasteiger partial charge >= 0.3 is 0 Å². The molecule has 2 aromatic carbocycles. The van der Waals surface area contributed by atoms with Crippen LogP contribution in [-0.2, 0) is 6.42 Å². The van der Waals surface area contributed by atoms with Gasteiger partial charge < -0.3 is 15.0 Å². The van der Waals surface area contributed by atoms with Crippen molar-refractivity contribution in [2.24, 2.45) is 0 Å². The van der Waals surface area contributed by atoms with E-state index in [2.05, 4.69) is 46.5 Å². The summed E-state index contributed by atoms with van der Waals surface area (Å²) >= 11 is 0. The molecule has 2 aliphatic rings. The molecule has 0 saturated carbocycles. The van der Waals surface area contributed by atoms with Gasteiger partial charge in [-0.1, -0.05) is 23.4 Å². The smallest absolute Gasteiger partial charge is 0.131 e. The summed E-state index contributed by atoms with van der Waals surface area (Å²) in [6, 6.07) is 14.6. The van der Waals surface area contributed by atoms with Crippen LogP contribution < -0.4 is 10.5 Å². The predicted octanol–water partition coefficient (Wildman–Crippen LogP) is 5.36. The summed E-state index contributed by atoms with van der Waals surface area (Å²) in [7, 11) is 0. The monoisotopic (exact) mass is 447 g/mol. The minimum Gasteiger partial charge on any atom is -0.489 e. The van der Waals surface area contributed by atoms with E-state index in [4.69, 9.17) is 15.0 Å². The molecule has 2 heterocycles. The zero-order chi connectivity index (χ0) is 22.6. The quantitative estimate of drug-likeness (QED) is 0.494. The van der Waals surface area contributed by atoms with Crippen molar-refractivity contribution in [2.45, 2.75) is 38.2 Å². The van der Waals surface area contributed by atoms with Crippen molar-refractivity contribution in [1.82, 2.24) is 10.1 Å². The standard InChI is InChI=1S/C27H30FN3O2/c28-12-2-13-31-14-11-24(17-31)33-23-8-5-19(6-9-23)27-25(21-16-30-32-18-21)4-1-3-20-15-22(29)7-10-26(20)27/h5-10,15-16,18,24H,1-4,11-14,17,29H2/t24-/m0/s1. The normalized spacial score (nSPS) is 18.9. The maximum atomic E-state index is 12.5. The number of hydrogen-bond donors (Lipinski definition) is 1. The van der Waals surface area contributed by atoms with Gasteiger partial charge in [0.25, 0.3) is 0 Å². The second-order valence-corrected chi connectivity index (χ2v) is 8.93. The van der Waals surface area contributed by atoms with Gasteiger partial charge in [-0.15, -0.1) is 0 Å². The summed E-state index contributed by atoms with van der Waals surface area (Å²) < 4.78 is 23.9. The fraction of sp³-hybridized carbons (Fsp3) is 0.370. The molecule has 1 aromatic heterocycles. The van der Waals surface area contributed by atoms with Gasteiger partial charge in [0.2, 0.25) is 0 Å². The number of halogens is 1. The number of nitrogens with zero attached hydrogens (tertiary/aromatic N) is 2. The van der Waals surface area contributed by atoms with E-state index >= 15 is 0 Å². The van der Waals surface area contributed by atoms with E-state index in [-0.39, 0.29) is 12.8 Å². The molecule has 6 heteroatoms. The molecule has 1 aliphatic heterocycles. The number of hydrogen-bond acceptors (Lipinski definition) is 5. The van der Waals surface area contributed by atoms with Crippen LogP contribution in [0.4, 0.5) is 10.1 Å². The molecule has 0 amide bonds. The number of aryl methyl sites for hydroxylation is 1. The van der Waals surface area contributed by atoms with Gasteiger partial charge in [0.05, 0.1) is 12.9 Å². The van der Waals surface area contributed by atoms with Gasteiger partial charge in [-0.05, 0) is 84.2 Å². The predicted molar refractivity (Wildman–Crippen MR) is 129 cm³/mol. The SMILES string of the molecule is Nc1ccc2c(c1)CCCC(c1cnoc1)=C2c1ccc(O[C@H]2CCN(CCCF)C2)cc1. The maximum Gasteiger partial charge on any atom is 0.131 e. The van der Waals surface area contributed by atoms with Crippen molar-refractivity contribution in [3.05, 3.63) is 77.2 Å². The number of aromatic nitrogens is 1. The van der Waals surface area contributed by atoms with Crippen molar-refractivity contribution in [2.75, 3.05) is 32.0 Å². The minimum absolute atomic E-state index is 0.156. The third kappa shape index (κ3) is 4.81. The van der Waals surface area contributed by atoms with Gasteiger partial charge in [0.15, 0.2) is 0 Å². The average molecular weight is 448 g/mol. The molecule has 1 atom stereocenters. The molecule has 172 valence electrons. The van der Waals surface area contributed by atoms with Crippen molar-refractivity contribution >= 4 is 16.8 Å². The Morgan fingerprint density at radius 1 is 1.12 bits per heavy atom. The molecule has 2 N–H and O–H groups in total. The fourth-order valence-electron chi connectivity index (χ4n) is 5.05. The summed E-state index contributed by atoms with van der Waals surface area (Å²) in [5.74, 6) is 0.870. The third-order valence-electron chi connectivity index (χ3n) is 6.64. The lowest BCUT2D eigenvalue weighted by atomic mass is 9.88. The van der Waals surface area contributed by atoms with Crippen LogP contribution in [0.2, 0.25) is 0 Å². The van der Waals surface area contributed by atoms with E-state index in [1.807, 2.05) is 6.07 Å². The number of likely N-dealkylation sites (tertiary alicyclic amines) is 1. The van der Waals surface area contributed by atoms with Crippen LogP contribution in [0.1, 0.15) is 47.9 Å². The van der Waals surface area contributed by atoms with E-state index in [0.29, 0.717) is 6.42 Å². The van der Waals surface area contributed by atoms with Crippen LogP contribution >= 0.6 is 0 Å². The number of fused-ring (bicyclic) bond motifs is 1. The molecular weight excluding hydrogens is 417 g/mol. The summed E-state index contributed by atoms with van der Waals surface area (Å²) in [5, 5.41) is 3.95. The highest BCUT2D eigenvalue weighted by atomic mass is 19.1. The fourth-order valence-corrected chi connectivity index (χ4v) is 5.05. The zero-order valence-corrected chi connectivity index (χ0v) is 18.8. The number of rotatable bonds is 7. The number of nitrogen functional groups attached to an aromatic ring is 1. The molecule has 5 nitrogen and oxygen atoms in total. The lowest BCUT2D eigenvalue weighted by molar-refractivity contribution is 0.198. The maximum absolute atomic E-state index is 12.5. The Kier molecular flexibility index (Phi) is 6.44. The number of anilines is 1. The van der Waals surface area contributed by atoms with E-state index in [1.54, 1.807) is 12.5 Å². The second-order valence-electron chi connectivity index (χ2n) is 8.93. The number of ether oxygens (including phenoxy) is 1. The summed E-state index contributed by atoms with van der Waals surface area (Å²) in [4.78, 5) is 2.28. The topological polar surface area (TPSA) is 64.5 Å². The van der Waals surface area contributed by atoms with Crippen LogP contribution in [0.15, 0.2) is 59.4 Å². The van der Waals surface area contributed by atoms with Crippen LogP contribution in [0.3, 0.4) is 0 Å². The molecule has 1 saturated heterocycles. The van der Waals surface area contributed by atoms with E-state index in [0.717, 1.165) is 67.9 Å². The Bertz CT molecular complexity index is 1110. The average Bonchev–Trinajstić information content (AvgIpc) is 3.48. The largest absolute Gasteiger partial charge is 0.489 e. The molecule has 1 aliphatic carbocycles. The highest BCUT2D eigenvalue weighted by Crippen LogP contribution is 2.40. The number of allylic oxidation sites excluding steroid dienone is 1. The summed E-state index contributed by atoms with van der Waals surface area (Å²) in [6.45, 7) is 2.38. The molecule has 0 radical (unpaired) electrons. The zero-order valence-electron chi connectivity index (χ0n) is 18.8. The van der Waals surface area contributed by atoms with Gasteiger partial charge in [0, 0.05) is 30.9 Å². The minimum atomic E-state index is -0.258. The van der Waals surface area contributed by atoms with Crippen molar-refractivity contribution in [3.63, 3.8) is 0 Å². The first-order valence-electron chi connectivity index (χ1n) is 11.8. The molecule has 5 rings (SSSR count). The Labute approximate surface area is 194 Å². The third-order valence-corrected chi connectivity index (χ3v) is 6.64. The van der Waals surface area contributed by atoms with Crippen molar-refractivity contribution in [3.8, 4) is 5.75 Å². The molecular formula is C27H30FN3O2. The van der Waals surface area contributed by atoms with Gasteiger partial charge in [-0.25, -0.2) is 0 Å². The van der Waals surface area contributed by atoms with Gasteiger partial charge in [-0.3, -0.25) is 9.29 Å². The van der Waals surface area contributed by atoms with Gasteiger partial charge in [0.1, 0.15) is 18.1 Å². The Balaban J connectivity index is 1.43. The van der Waals surface area contributed by atoms with Crippen molar-refractivity contribution < 1.29 is 13.7 Å². The van der Waals surface area contributed by atoms with E-state index < -0.39 is 0 Å². The Morgan fingerprint density at radius 2 is 2.00 bits per heavy atom. The molecule has 0 unspecified atom stereocenters. The molecule has 33 heavy (non-hydrogen) atoms. The number of alkyl halides is 1. The first kappa shape index (κ1) is 21.7. The highest BCUT2D eigenvalue weighted by Gasteiger charge is 2.24.